The highest BCUT2D eigenvalue weighted by molar-refractivity contribution is 14.0. The van der Waals surface area contributed by atoms with Crippen molar-refractivity contribution < 1.29 is 9.53 Å². The molecule has 1 unspecified atom stereocenters. The van der Waals surface area contributed by atoms with E-state index in [0.29, 0.717) is 37.4 Å². The Labute approximate surface area is 194 Å². The number of ether oxygens (including phenoxy) is 1. The van der Waals surface area contributed by atoms with Gasteiger partial charge in [0.2, 0.25) is 5.91 Å². The van der Waals surface area contributed by atoms with E-state index in [1.807, 2.05) is 0 Å². The summed E-state index contributed by atoms with van der Waals surface area (Å²) in [6, 6.07) is 0.456. The van der Waals surface area contributed by atoms with Crippen LogP contribution in [-0.4, -0.2) is 75.8 Å². The van der Waals surface area contributed by atoms with E-state index in [2.05, 4.69) is 39.7 Å². The van der Waals surface area contributed by atoms with Crippen molar-refractivity contribution in [3.05, 3.63) is 0 Å². The maximum Gasteiger partial charge on any atom is 0.220 e. The number of amides is 1. The molecule has 1 saturated heterocycles. The summed E-state index contributed by atoms with van der Waals surface area (Å²) < 4.78 is 5.48. The number of carbonyl (C=O) groups is 1. The SMILES string of the molecule is CN=C(NCCNC(=O)CC1CCCCC1)NCC(C(C)C)N1CCOCC1.I. The molecule has 2 rings (SSSR count). The maximum atomic E-state index is 12.1. The standard InChI is InChI=1S/C21H41N5O2.HI/c1-17(2)19(26-11-13-28-14-12-26)16-25-21(22-3)24-10-9-23-20(27)15-18-7-5-4-6-8-18;/h17-19H,4-16H2,1-3H3,(H,23,27)(H2,22,24,25);1H. The maximum absolute atomic E-state index is 12.1. The zero-order valence-corrected chi connectivity index (χ0v) is 20.9. The number of hydrogen-bond acceptors (Lipinski definition) is 4. The van der Waals surface area contributed by atoms with Gasteiger partial charge in [0.15, 0.2) is 5.96 Å². The van der Waals surface area contributed by atoms with Crippen molar-refractivity contribution in [1.82, 2.24) is 20.9 Å². The molecule has 1 amide bonds. The van der Waals surface area contributed by atoms with Crippen molar-refractivity contribution in [1.29, 1.82) is 0 Å². The second kappa shape index (κ2) is 15.2. The molecule has 2 aliphatic rings. The number of nitrogens with zero attached hydrogens (tertiary/aromatic N) is 2. The molecule has 3 N–H and O–H groups in total. The van der Waals surface area contributed by atoms with E-state index in [9.17, 15) is 4.79 Å². The number of halogens is 1. The molecule has 8 heteroatoms. The number of hydrogen-bond donors (Lipinski definition) is 3. The Morgan fingerprint density at radius 2 is 1.72 bits per heavy atom. The van der Waals surface area contributed by atoms with Crippen LogP contribution >= 0.6 is 24.0 Å². The molecule has 0 aromatic heterocycles. The van der Waals surface area contributed by atoms with Crippen molar-refractivity contribution in [3.63, 3.8) is 0 Å². The van der Waals surface area contributed by atoms with Crippen LogP contribution < -0.4 is 16.0 Å². The molecular formula is C21H42IN5O2. The third-order valence-electron chi connectivity index (χ3n) is 5.92. The molecular weight excluding hydrogens is 481 g/mol. The van der Waals surface area contributed by atoms with Gasteiger partial charge in [-0.1, -0.05) is 33.1 Å². The van der Waals surface area contributed by atoms with Crippen LogP contribution in [0.15, 0.2) is 4.99 Å². The molecule has 170 valence electrons. The summed E-state index contributed by atoms with van der Waals surface area (Å²) in [5.74, 6) is 2.12. The van der Waals surface area contributed by atoms with Crippen molar-refractivity contribution >= 4 is 35.8 Å². The molecule has 1 saturated carbocycles. The number of guanidine groups is 1. The number of nitrogens with one attached hydrogen (secondary N) is 3. The second-order valence-corrected chi connectivity index (χ2v) is 8.40. The van der Waals surface area contributed by atoms with Gasteiger partial charge < -0.3 is 20.7 Å². The van der Waals surface area contributed by atoms with Gasteiger partial charge in [-0.25, -0.2) is 0 Å². The van der Waals surface area contributed by atoms with Crippen LogP contribution in [0.2, 0.25) is 0 Å². The summed E-state index contributed by atoms with van der Waals surface area (Å²) in [7, 11) is 1.79. The van der Waals surface area contributed by atoms with Gasteiger partial charge in [-0.2, -0.15) is 0 Å². The average molecular weight is 524 g/mol. The predicted octanol–water partition coefficient (Wildman–Crippen LogP) is 2.21. The summed E-state index contributed by atoms with van der Waals surface area (Å²) in [6.45, 7) is 10.3. The van der Waals surface area contributed by atoms with Crippen LogP contribution in [0, 0.1) is 11.8 Å². The smallest absolute Gasteiger partial charge is 0.220 e. The number of rotatable bonds is 9. The summed E-state index contributed by atoms with van der Waals surface area (Å²) >= 11 is 0. The van der Waals surface area contributed by atoms with Crippen LogP contribution in [0.5, 0.6) is 0 Å². The van der Waals surface area contributed by atoms with Gasteiger partial charge in [0.05, 0.1) is 13.2 Å². The molecule has 0 aromatic rings. The third-order valence-corrected chi connectivity index (χ3v) is 5.92. The zero-order valence-electron chi connectivity index (χ0n) is 18.5. The lowest BCUT2D eigenvalue weighted by Crippen LogP contribution is -2.53. The topological polar surface area (TPSA) is 78.0 Å². The fourth-order valence-corrected chi connectivity index (χ4v) is 4.23. The molecule has 1 atom stereocenters. The molecule has 2 fully saturated rings. The highest BCUT2D eigenvalue weighted by Crippen LogP contribution is 2.25. The molecule has 29 heavy (non-hydrogen) atoms. The van der Waals surface area contributed by atoms with E-state index < -0.39 is 0 Å². The molecule has 0 aromatic carbocycles. The summed E-state index contributed by atoms with van der Waals surface area (Å²) in [5.41, 5.74) is 0. The number of morpholine rings is 1. The fraction of sp³-hybridized carbons (Fsp3) is 0.905. The monoisotopic (exact) mass is 523 g/mol. The van der Waals surface area contributed by atoms with Gasteiger partial charge in [-0.05, 0) is 24.7 Å². The van der Waals surface area contributed by atoms with E-state index in [1.165, 1.54) is 32.1 Å². The molecule has 0 bridgehead atoms. The zero-order chi connectivity index (χ0) is 20.2. The first-order valence-electron chi connectivity index (χ1n) is 11.1. The highest BCUT2D eigenvalue weighted by Gasteiger charge is 2.23. The first kappa shape index (κ1) is 26.4. The summed E-state index contributed by atoms with van der Waals surface area (Å²) in [4.78, 5) is 18.9. The Morgan fingerprint density at radius 3 is 2.34 bits per heavy atom. The van der Waals surface area contributed by atoms with Crippen LogP contribution in [0.1, 0.15) is 52.4 Å². The average Bonchev–Trinajstić information content (AvgIpc) is 2.71. The fourth-order valence-electron chi connectivity index (χ4n) is 4.23. The Hall–Kier alpha value is -0.610. The lowest BCUT2D eigenvalue weighted by molar-refractivity contribution is -0.122. The van der Waals surface area contributed by atoms with Gasteiger partial charge in [-0.15, -0.1) is 24.0 Å². The van der Waals surface area contributed by atoms with Gasteiger partial charge in [-0.3, -0.25) is 14.7 Å². The normalized spacial score (nSPS) is 20.1. The number of carbonyl (C=O) groups excluding carboxylic acids is 1. The van der Waals surface area contributed by atoms with E-state index in [1.54, 1.807) is 7.05 Å². The third kappa shape index (κ3) is 10.3. The van der Waals surface area contributed by atoms with Crippen molar-refractivity contribution in [2.24, 2.45) is 16.8 Å². The van der Waals surface area contributed by atoms with Gasteiger partial charge in [0, 0.05) is 52.2 Å². The minimum atomic E-state index is 0. The van der Waals surface area contributed by atoms with Crippen LogP contribution in [-0.2, 0) is 9.53 Å². The van der Waals surface area contributed by atoms with E-state index >= 15 is 0 Å². The molecule has 1 aliphatic carbocycles. The van der Waals surface area contributed by atoms with Crippen molar-refractivity contribution in [2.75, 3.05) is 53.0 Å². The first-order valence-corrected chi connectivity index (χ1v) is 11.1. The van der Waals surface area contributed by atoms with Gasteiger partial charge in [0.25, 0.3) is 0 Å². The Morgan fingerprint density at radius 1 is 1.07 bits per heavy atom. The summed E-state index contributed by atoms with van der Waals surface area (Å²) in [6.07, 6.45) is 7.00. The van der Waals surface area contributed by atoms with Crippen LogP contribution in [0.3, 0.4) is 0 Å². The minimum absolute atomic E-state index is 0. The lowest BCUT2D eigenvalue weighted by Gasteiger charge is -2.37. The van der Waals surface area contributed by atoms with Gasteiger partial charge in [0.1, 0.15) is 0 Å². The van der Waals surface area contributed by atoms with Crippen LogP contribution in [0.4, 0.5) is 0 Å². The quantitative estimate of drug-likeness (QED) is 0.187. The molecule has 1 heterocycles. The Kier molecular flexibility index (Phi) is 13.9. The Balaban J connectivity index is 0.00000420. The minimum Gasteiger partial charge on any atom is -0.379 e. The first-order chi connectivity index (χ1) is 13.6. The summed E-state index contributed by atoms with van der Waals surface area (Å²) in [5, 5.41) is 9.79. The predicted molar refractivity (Wildman–Crippen MR) is 130 cm³/mol. The molecule has 0 radical (unpaired) electrons. The molecule has 1 aliphatic heterocycles. The van der Waals surface area contributed by atoms with E-state index in [-0.39, 0.29) is 29.9 Å². The van der Waals surface area contributed by atoms with E-state index in [0.717, 1.165) is 38.8 Å². The van der Waals surface area contributed by atoms with E-state index in [4.69, 9.17) is 4.74 Å². The lowest BCUT2D eigenvalue weighted by atomic mass is 9.87. The van der Waals surface area contributed by atoms with Crippen molar-refractivity contribution in [3.8, 4) is 0 Å². The van der Waals surface area contributed by atoms with Crippen LogP contribution in [0.25, 0.3) is 0 Å². The number of aliphatic imine (C=N–C) groups is 1. The largest absolute Gasteiger partial charge is 0.379 e. The highest BCUT2D eigenvalue weighted by atomic mass is 127. The Bertz CT molecular complexity index is 478. The van der Waals surface area contributed by atoms with Gasteiger partial charge >= 0.3 is 0 Å². The second-order valence-electron chi connectivity index (χ2n) is 8.40. The molecule has 0 spiro atoms. The van der Waals surface area contributed by atoms with Crippen molar-refractivity contribution in [2.45, 2.75) is 58.4 Å². The molecule has 7 nitrogen and oxygen atoms in total.